The van der Waals surface area contributed by atoms with Gasteiger partial charge in [-0.1, -0.05) is 114 Å². The maximum absolute atomic E-state index is 13.3. The number of hydrogen-bond acceptors (Lipinski definition) is 6. The molecule has 3 rings (SSSR count). The van der Waals surface area contributed by atoms with Gasteiger partial charge in [0.05, 0.1) is 6.10 Å². The Kier molecular flexibility index (Phi) is 12.7. The van der Waals surface area contributed by atoms with Crippen LogP contribution in [0.15, 0.2) is 95.6 Å². The van der Waals surface area contributed by atoms with E-state index < -0.39 is 44.7 Å². The molecule has 0 fully saturated rings. The number of benzene rings is 2. The Bertz CT molecular complexity index is 1330. The van der Waals surface area contributed by atoms with Crippen LogP contribution in [0, 0.1) is 5.92 Å². The fourth-order valence-corrected chi connectivity index (χ4v) is 10.6. The lowest BCUT2D eigenvalue weighted by atomic mass is 9.96. The topological polar surface area (TPSA) is 82.1 Å². The molecule has 7 heteroatoms. The molecular formula is C38H52O6Si. The van der Waals surface area contributed by atoms with Gasteiger partial charge in [-0.25, -0.2) is 4.79 Å². The number of cyclic esters (lactones) is 1. The fraction of sp³-hybridized carbons (Fsp3) is 0.474. The zero-order valence-electron chi connectivity index (χ0n) is 28.5. The molecule has 0 aliphatic carbocycles. The van der Waals surface area contributed by atoms with Crippen LogP contribution in [-0.4, -0.2) is 49.8 Å². The summed E-state index contributed by atoms with van der Waals surface area (Å²) in [6.07, 6.45) is 2.91. The number of allylic oxidation sites excluding steroid dienone is 1. The van der Waals surface area contributed by atoms with Crippen LogP contribution in [0.2, 0.25) is 5.04 Å². The van der Waals surface area contributed by atoms with Gasteiger partial charge in [0.25, 0.3) is 8.32 Å². The first kappa shape index (κ1) is 36.2. The second-order valence-corrected chi connectivity index (χ2v) is 17.8. The Morgan fingerprint density at radius 1 is 1.00 bits per heavy atom. The molecule has 244 valence electrons. The standard InChI is InChI=1S/C38H52O6Si/c1-10-27(4)33-24-22-28(5)35(36(43-34(40)25-26(2)3)32(39)23-21-29(6)37(41)42-33)44-45(38(7,8)9,30-17-13-11-14-18-30)31-19-15-12-16-20-31/h10-22,26,32-33,35-36,39H,23-25H2,1-9H3/b27-10-,28-22?,29-21?. The van der Waals surface area contributed by atoms with Gasteiger partial charge in [0.2, 0.25) is 0 Å². The minimum Gasteiger partial charge on any atom is -0.456 e. The lowest BCUT2D eigenvalue weighted by Crippen LogP contribution is -2.69. The lowest BCUT2D eigenvalue weighted by molar-refractivity contribution is -0.162. The van der Waals surface area contributed by atoms with Crippen molar-refractivity contribution in [3.05, 3.63) is 95.6 Å². The van der Waals surface area contributed by atoms with Crippen molar-refractivity contribution in [3.8, 4) is 0 Å². The van der Waals surface area contributed by atoms with E-state index in [1.165, 1.54) is 0 Å². The lowest BCUT2D eigenvalue weighted by Gasteiger charge is -2.47. The Morgan fingerprint density at radius 3 is 2.04 bits per heavy atom. The first-order chi connectivity index (χ1) is 21.2. The molecule has 0 bridgehead atoms. The summed E-state index contributed by atoms with van der Waals surface area (Å²) in [5.41, 5.74) is 2.12. The number of esters is 2. The van der Waals surface area contributed by atoms with Crippen molar-refractivity contribution in [1.29, 1.82) is 0 Å². The molecule has 4 atom stereocenters. The van der Waals surface area contributed by atoms with E-state index in [0.29, 0.717) is 12.0 Å². The number of aliphatic hydroxyl groups is 1. The molecule has 0 spiro atoms. The molecule has 4 unspecified atom stereocenters. The van der Waals surface area contributed by atoms with Gasteiger partial charge in [-0.05, 0) is 66.6 Å². The maximum Gasteiger partial charge on any atom is 0.333 e. The number of ether oxygens (including phenoxy) is 2. The Morgan fingerprint density at radius 2 is 1.56 bits per heavy atom. The van der Waals surface area contributed by atoms with Crippen LogP contribution in [0.3, 0.4) is 0 Å². The van der Waals surface area contributed by atoms with Gasteiger partial charge in [-0.15, -0.1) is 0 Å². The van der Waals surface area contributed by atoms with Crippen LogP contribution >= 0.6 is 0 Å². The van der Waals surface area contributed by atoms with E-state index in [0.717, 1.165) is 21.5 Å². The van der Waals surface area contributed by atoms with Gasteiger partial charge in [0.15, 0.2) is 6.10 Å². The van der Waals surface area contributed by atoms with Crippen LogP contribution in [0.25, 0.3) is 0 Å². The van der Waals surface area contributed by atoms with Crippen molar-refractivity contribution >= 4 is 30.6 Å². The van der Waals surface area contributed by atoms with E-state index in [9.17, 15) is 14.7 Å². The second kappa shape index (κ2) is 15.8. The minimum absolute atomic E-state index is 0.0787. The van der Waals surface area contributed by atoms with Gasteiger partial charge in [-0.2, -0.15) is 0 Å². The molecular weight excluding hydrogens is 580 g/mol. The number of carbonyl (C=O) groups is 2. The molecule has 2 aromatic carbocycles. The van der Waals surface area contributed by atoms with Gasteiger partial charge < -0.3 is 19.0 Å². The highest BCUT2D eigenvalue weighted by molar-refractivity contribution is 6.99. The third-order valence-corrected chi connectivity index (χ3v) is 13.6. The highest BCUT2D eigenvalue weighted by Gasteiger charge is 2.53. The maximum atomic E-state index is 13.3. The Labute approximate surface area is 271 Å². The molecule has 0 saturated carbocycles. The molecule has 1 N–H and O–H groups in total. The zero-order valence-corrected chi connectivity index (χ0v) is 29.5. The molecule has 1 aliphatic heterocycles. The number of aliphatic hydroxyl groups excluding tert-OH is 1. The second-order valence-electron chi connectivity index (χ2n) is 13.6. The molecule has 6 nitrogen and oxygen atoms in total. The summed E-state index contributed by atoms with van der Waals surface area (Å²) in [5.74, 6) is -0.753. The van der Waals surface area contributed by atoms with E-state index in [4.69, 9.17) is 13.9 Å². The Balaban J connectivity index is 2.32. The monoisotopic (exact) mass is 632 g/mol. The van der Waals surface area contributed by atoms with Crippen LogP contribution in [-0.2, 0) is 23.5 Å². The molecule has 1 heterocycles. The number of rotatable bonds is 8. The summed E-state index contributed by atoms with van der Waals surface area (Å²) in [4.78, 5) is 26.3. The summed E-state index contributed by atoms with van der Waals surface area (Å²) < 4.78 is 19.7. The molecule has 0 saturated heterocycles. The van der Waals surface area contributed by atoms with Crippen molar-refractivity contribution in [2.24, 2.45) is 5.92 Å². The quantitative estimate of drug-likeness (QED) is 0.196. The molecule has 1 aliphatic rings. The molecule has 0 aromatic heterocycles. The van der Waals surface area contributed by atoms with Crippen molar-refractivity contribution < 1.29 is 28.6 Å². The van der Waals surface area contributed by atoms with Crippen LogP contribution < -0.4 is 10.4 Å². The minimum atomic E-state index is -3.15. The smallest absolute Gasteiger partial charge is 0.333 e. The number of hydrogen-bond donors (Lipinski definition) is 1. The van der Waals surface area contributed by atoms with E-state index in [1.54, 1.807) is 13.0 Å². The van der Waals surface area contributed by atoms with Crippen molar-refractivity contribution in [2.75, 3.05) is 0 Å². The van der Waals surface area contributed by atoms with Crippen molar-refractivity contribution in [3.63, 3.8) is 0 Å². The zero-order chi connectivity index (χ0) is 33.4. The summed E-state index contributed by atoms with van der Waals surface area (Å²) in [6, 6.07) is 20.6. The average Bonchev–Trinajstić information content (AvgIpc) is 3.00. The average molecular weight is 633 g/mol. The van der Waals surface area contributed by atoms with Gasteiger partial charge in [0, 0.05) is 18.4 Å². The SMILES string of the molecule is C/C=C(/C)C1CC=C(C)C(O[Si](c2ccccc2)(c2ccccc2)C(C)(C)C)C(OC(=O)CC(C)C)C(O)CC=C(C)C(=O)O1. The summed E-state index contributed by atoms with van der Waals surface area (Å²) in [7, 11) is -3.15. The first-order valence-corrected chi connectivity index (χ1v) is 18.0. The van der Waals surface area contributed by atoms with E-state index in [1.807, 2.05) is 83.2 Å². The molecule has 0 amide bonds. The van der Waals surface area contributed by atoms with Gasteiger partial charge in [0.1, 0.15) is 12.2 Å². The van der Waals surface area contributed by atoms with E-state index in [-0.39, 0.29) is 23.8 Å². The normalized spacial score (nSPS) is 22.5. The van der Waals surface area contributed by atoms with Crippen LogP contribution in [0.5, 0.6) is 0 Å². The fourth-order valence-electron chi connectivity index (χ4n) is 5.84. The molecule has 2 aromatic rings. The third kappa shape index (κ3) is 8.93. The number of carbonyl (C=O) groups excluding carboxylic acids is 2. The summed E-state index contributed by atoms with van der Waals surface area (Å²) in [5, 5.41) is 13.6. The van der Waals surface area contributed by atoms with Gasteiger partial charge >= 0.3 is 11.9 Å². The highest BCUT2D eigenvalue weighted by atomic mass is 28.4. The van der Waals surface area contributed by atoms with Gasteiger partial charge in [-0.3, -0.25) is 4.79 Å². The third-order valence-electron chi connectivity index (χ3n) is 8.54. The first-order valence-electron chi connectivity index (χ1n) is 16.0. The van der Waals surface area contributed by atoms with Crippen LogP contribution in [0.1, 0.15) is 81.6 Å². The summed E-state index contributed by atoms with van der Waals surface area (Å²) >= 11 is 0. The largest absolute Gasteiger partial charge is 0.456 e. The van der Waals surface area contributed by atoms with Crippen LogP contribution in [0.4, 0.5) is 0 Å². The van der Waals surface area contributed by atoms with Crippen molar-refractivity contribution in [1.82, 2.24) is 0 Å². The predicted octanol–water partition coefficient (Wildman–Crippen LogP) is 6.81. The van der Waals surface area contributed by atoms with E-state index in [2.05, 4.69) is 45.0 Å². The Hall–Kier alpha value is -3.26. The molecule has 45 heavy (non-hydrogen) atoms. The summed E-state index contributed by atoms with van der Waals surface area (Å²) in [6.45, 7) is 18.0. The van der Waals surface area contributed by atoms with E-state index >= 15 is 0 Å². The predicted molar refractivity (Wildman–Crippen MR) is 184 cm³/mol. The highest BCUT2D eigenvalue weighted by Crippen LogP contribution is 2.39. The molecule has 0 radical (unpaired) electrons. The van der Waals surface area contributed by atoms with Crippen molar-refractivity contribution in [2.45, 2.75) is 111 Å².